The Labute approximate surface area is 83.9 Å². The Morgan fingerprint density at radius 1 is 1.36 bits per heavy atom. The summed E-state index contributed by atoms with van der Waals surface area (Å²) in [5.41, 5.74) is 7.14. The van der Waals surface area contributed by atoms with E-state index in [4.69, 9.17) is 5.73 Å². The second-order valence-corrected chi connectivity index (χ2v) is 3.96. The molecule has 1 aliphatic rings. The average molecular weight is 192 g/mol. The maximum atomic E-state index is 6.06. The van der Waals surface area contributed by atoms with Crippen molar-refractivity contribution in [3.05, 3.63) is 24.3 Å². The zero-order valence-corrected chi connectivity index (χ0v) is 8.35. The maximum Gasteiger partial charge on any atom is 0.115 e. The highest BCUT2D eigenvalue weighted by molar-refractivity contribution is 5.13. The highest BCUT2D eigenvalue weighted by Gasteiger charge is 2.26. The lowest BCUT2D eigenvalue weighted by atomic mass is 9.91. The monoisotopic (exact) mass is 192 g/mol. The van der Waals surface area contributed by atoms with Gasteiger partial charge in [0.05, 0.1) is 6.04 Å². The molecule has 0 spiro atoms. The first-order valence-electron chi connectivity index (χ1n) is 5.04. The number of hydrogen-bond acceptors (Lipinski definition) is 4. The first-order chi connectivity index (χ1) is 6.77. The Bertz CT molecular complexity index is 287. The lowest BCUT2D eigenvalue weighted by Gasteiger charge is -2.33. The van der Waals surface area contributed by atoms with Gasteiger partial charge in [0.2, 0.25) is 0 Å². The molecule has 76 valence electrons. The van der Waals surface area contributed by atoms with Crippen LogP contribution < -0.4 is 11.1 Å². The van der Waals surface area contributed by atoms with Gasteiger partial charge in [0.1, 0.15) is 6.33 Å². The van der Waals surface area contributed by atoms with Crippen LogP contribution in [-0.2, 0) is 0 Å². The van der Waals surface area contributed by atoms with Crippen molar-refractivity contribution in [2.75, 3.05) is 0 Å². The zero-order chi connectivity index (χ0) is 9.97. The molecule has 2 heterocycles. The summed E-state index contributed by atoms with van der Waals surface area (Å²) in [5, 5.41) is 3.48. The van der Waals surface area contributed by atoms with Crippen LogP contribution in [0.5, 0.6) is 0 Å². The van der Waals surface area contributed by atoms with E-state index in [9.17, 15) is 0 Å². The third-order valence-electron chi connectivity index (χ3n) is 2.76. The maximum absolute atomic E-state index is 6.06. The molecule has 1 fully saturated rings. The number of nitrogens with two attached hydrogens (primary N) is 1. The number of rotatable bonds is 1. The molecule has 1 aromatic rings. The summed E-state index contributed by atoms with van der Waals surface area (Å²) in [6.45, 7) is 2.18. The number of piperidine rings is 1. The summed E-state index contributed by atoms with van der Waals surface area (Å²) < 4.78 is 0. The van der Waals surface area contributed by atoms with E-state index in [2.05, 4.69) is 22.2 Å². The summed E-state index contributed by atoms with van der Waals surface area (Å²) in [7, 11) is 0. The van der Waals surface area contributed by atoms with Crippen molar-refractivity contribution in [2.24, 2.45) is 5.73 Å². The van der Waals surface area contributed by atoms with Gasteiger partial charge in [0.25, 0.3) is 0 Å². The molecule has 0 saturated carbocycles. The third kappa shape index (κ3) is 1.91. The minimum Gasteiger partial charge on any atom is -0.326 e. The second kappa shape index (κ2) is 4.02. The fraction of sp³-hybridized carbons (Fsp3) is 0.600. The third-order valence-corrected chi connectivity index (χ3v) is 2.76. The van der Waals surface area contributed by atoms with Crippen LogP contribution >= 0.6 is 0 Å². The van der Waals surface area contributed by atoms with Crippen LogP contribution in [0.15, 0.2) is 18.7 Å². The minimum absolute atomic E-state index is 0.178. The van der Waals surface area contributed by atoms with Gasteiger partial charge in [-0.15, -0.1) is 0 Å². The lowest BCUT2D eigenvalue weighted by Crippen LogP contribution is -2.47. The fourth-order valence-corrected chi connectivity index (χ4v) is 1.94. The lowest BCUT2D eigenvalue weighted by molar-refractivity contribution is 0.300. The van der Waals surface area contributed by atoms with Gasteiger partial charge in [0, 0.05) is 30.0 Å². The Balaban J connectivity index is 2.16. The molecule has 14 heavy (non-hydrogen) atoms. The molecule has 0 radical (unpaired) electrons. The summed E-state index contributed by atoms with van der Waals surface area (Å²) in [5.74, 6) is 0. The van der Waals surface area contributed by atoms with Crippen LogP contribution in [-0.4, -0.2) is 22.1 Å². The first-order valence-corrected chi connectivity index (χ1v) is 5.04. The van der Waals surface area contributed by atoms with E-state index in [1.165, 1.54) is 0 Å². The van der Waals surface area contributed by atoms with Crippen molar-refractivity contribution >= 4 is 0 Å². The Morgan fingerprint density at radius 2 is 2.07 bits per heavy atom. The molecule has 1 saturated heterocycles. The van der Waals surface area contributed by atoms with Crippen molar-refractivity contribution in [1.29, 1.82) is 0 Å². The quantitative estimate of drug-likeness (QED) is 0.684. The van der Waals surface area contributed by atoms with Gasteiger partial charge in [-0.2, -0.15) is 0 Å². The second-order valence-electron chi connectivity index (χ2n) is 3.96. The molecule has 1 aromatic heterocycles. The minimum atomic E-state index is 0.178. The molecule has 3 atom stereocenters. The molecule has 0 amide bonds. The van der Waals surface area contributed by atoms with Crippen LogP contribution in [0.3, 0.4) is 0 Å². The van der Waals surface area contributed by atoms with Gasteiger partial charge in [0.15, 0.2) is 0 Å². The van der Waals surface area contributed by atoms with E-state index >= 15 is 0 Å². The SMILES string of the molecule is CC1CCC(N)C(c2cncnc2)N1. The van der Waals surface area contributed by atoms with Gasteiger partial charge in [-0.05, 0) is 19.8 Å². The largest absolute Gasteiger partial charge is 0.326 e. The van der Waals surface area contributed by atoms with Gasteiger partial charge in [-0.1, -0.05) is 0 Å². The van der Waals surface area contributed by atoms with Crippen LogP contribution in [0.2, 0.25) is 0 Å². The van der Waals surface area contributed by atoms with Gasteiger partial charge >= 0.3 is 0 Å². The van der Waals surface area contributed by atoms with Gasteiger partial charge in [-0.3, -0.25) is 0 Å². The van der Waals surface area contributed by atoms with Crippen LogP contribution in [0.1, 0.15) is 31.4 Å². The van der Waals surface area contributed by atoms with E-state index in [1.54, 1.807) is 6.33 Å². The molecule has 3 unspecified atom stereocenters. The van der Waals surface area contributed by atoms with Crippen molar-refractivity contribution in [1.82, 2.24) is 15.3 Å². The molecule has 0 bridgehead atoms. The summed E-state index contributed by atoms with van der Waals surface area (Å²) in [6, 6.07) is 0.914. The molecule has 3 N–H and O–H groups in total. The smallest absolute Gasteiger partial charge is 0.115 e. The van der Waals surface area contributed by atoms with E-state index in [0.717, 1.165) is 18.4 Å². The first kappa shape index (κ1) is 9.55. The normalized spacial score (nSPS) is 32.9. The molecule has 4 heteroatoms. The van der Waals surface area contributed by atoms with Crippen molar-refractivity contribution in [3.63, 3.8) is 0 Å². The topological polar surface area (TPSA) is 63.8 Å². The molecule has 0 aromatic carbocycles. The van der Waals surface area contributed by atoms with Crippen molar-refractivity contribution < 1.29 is 0 Å². The van der Waals surface area contributed by atoms with E-state index in [1.807, 2.05) is 12.4 Å². The summed E-state index contributed by atoms with van der Waals surface area (Å²) >= 11 is 0. The van der Waals surface area contributed by atoms with Crippen LogP contribution in [0.4, 0.5) is 0 Å². The van der Waals surface area contributed by atoms with Gasteiger partial charge < -0.3 is 11.1 Å². The highest BCUT2D eigenvalue weighted by atomic mass is 15.0. The number of nitrogens with one attached hydrogen (secondary N) is 1. The summed E-state index contributed by atoms with van der Waals surface area (Å²) in [4.78, 5) is 8.03. The van der Waals surface area contributed by atoms with E-state index < -0.39 is 0 Å². The Kier molecular flexibility index (Phi) is 2.74. The molecule has 4 nitrogen and oxygen atoms in total. The van der Waals surface area contributed by atoms with Gasteiger partial charge in [-0.25, -0.2) is 9.97 Å². The highest BCUT2D eigenvalue weighted by Crippen LogP contribution is 2.23. The molecule has 2 rings (SSSR count). The standard InChI is InChI=1S/C10H16N4/c1-7-2-3-9(11)10(14-7)8-4-12-6-13-5-8/h4-7,9-10,14H,2-3,11H2,1H3. The molecular weight excluding hydrogens is 176 g/mol. The predicted molar refractivity (Wildman–Crippen MR) is 54.6 cm³/mol. The fourth-order valence-electron chi connectivity index (χ4n) is 1.94. The number of hydrogen-bond donors (Lipinski definition) is 2. The Morgan fingerprint density at radius 3 is 2.79 bits per heavy atom. The van der Waals surface area contributed by atoms with E-state index in [0.29, 0.717) is 6.04 Å². The predicted octanol–water partition coefficient (Wildman–Crippen LogP) is 0.617. The average Bonchev–Trinajstić information content (AvgIpc) is 2.23. The van der Waals surface area contributed by atoms with Crippen molar-refractivity contribution in [2.45, 2.75) is 37.9 Å². The van der Waals surface area contributed by atoms with E-state index in [-0.39, 0.29) is 12.1 Å². The van der Waals surface area contributed by atoms with Crippen LogP contribution in [0, 0.1) is 0 Å². The molecule has 1 aliphatic heterocycles. The number of nitrogens with zero attached hydrogens (tertiary/aromatic N) is 2. The zero-order valence-electron chi connectivity index (χ0n) is 8.35. The molecule has 0 aliphatic carbocycles. The Hall–Kier alpha value is -1.00. The summed E-state index contributed by atoms with van der Waals surface area (Å²) in [6.07, 6.45) is 7.42. The van der Waals surface area contributed by atoms with Crippen molar-refractivity contribution in [3.8, 4) is 0 Å². The number of aromatic nitrogens is 2. The molecular formula is C10H16N4. The van der Waals surface area contributed by atoms with Crippen LogP contribution in [0.25, 0.3) is 0 Å².